The van der Waals surface area contributed by atoms with Crippen molar-refractivity contribution in [3.8, 4) is 0 Å². The maximum atomic E-state index is 13.4. The first-order chi connectivity index (χ1) is 8.66. The molecule has 1 fully saturated rings. The van der Waals surface area contributed by atoms with Crippen LogP contribution in [0.25, 0.3) is 0 Å². The standard InChI is InChI=1S/C14H17BrFNO/c15-12-6-3-5-11(12)9-17-14(18)8-10-4-1-2-7-13(10)16/h1-2,4,7,11-12H,3,5-6,8-9H2,(H,17,18). The first-order valence-electron chi connectivity index (χ1n) is 6.31. The van der Waals surface area contributed by atoms with E-state index < -0.39 is 0 Å². The number of carbonyl (C=O) groups is 1. The maximum absolute atomic E-state index is 13.4. The Hall–Kier alpha value is -0.900. The highest BCUT2D eigenvalue weighted by atomic mass is 79.9. The van der Waals surface area contributed by atoms with Gasteiger partial charge in [0, 0.05) is 11.4 Å². The first kappa shape index (κ1) is 13.5. The van der Waals surface area contributed by atoms with Crippen molar-refractivity contribution < 1.29 is 9.18 Å². The van der Waals surface area contributed by atoms with Crippen LogP contribution in [0.5, 0.6) is 0 Å². The van der Waals surface area contributed by atoms with Gasteiger partial charge in [0.15, 0.2) is 0 Å². The van der Waals surface area contributed by atoms with Gasteiger partial charge < -0.3 is 5.32 Å². The Kier molecular flexibility index (Phi) is 4.75. The molecule has 1 saturated carbocycles. The Morgan fingerprint density at radius 2 is 2.17 bits per heavy atom. The van der Waals surface area contributed by atoms with Crippen LogP contribution >= 0.6 is 15.9 Å². The average molecular weight is 314 g/mol. The SMILES string of the molecule is O=C(Cc1ccccc1F)NCC1CCCC1Br. The van der Waals surface area contributed by atoms with Crippen LogP contribution in [0.3, 0.4) is 0 Å². The van der Waals surface area contributed by atoms with E-state index in [1.54, 1.807) is 18.2 Å². The summed E-state index contributed by atoms with van der Waals surface area (Å²) in [5, 5.41) is 2.90. The number of benzene rings is 1. The summed E-state index contributed by atoms with van der Waals surface area (Å²) in [7, 11) is 0. The minimum Gasteiger partial charge on any atom is -0.355 e. The van der Waals surface area contributed by atoms with Crippen LogP contribution < -0.4 is 5.32 Å². The quantitative estimate of drug-likeness (QED) is 0.851. The van der Waals surface area contributed by atoms with Gasteiger partial charge in [0.1, 0.15) is 5.82 Å². The van der Waals surface area contributed by atoms with E-state index in [0.29, 0.717) is 22.9 Å². The van der Waals surface area contributed by atoms with Gasteiger partial charge in [-0.2, -0.15) is 0 Å². The fourth-order valence-electron chi connectivity index (χ4n) is 2.34. The molecular weight excluding hydrogens is 297 g/mol. The molecule has 0 aliphatic heterocycles. The van der Waals surface area contributed by atoms with Gasteiger partial charge >= 0.3 is 0 Å². The Labute approximate surface area is 115 Å². The topological polar surface area (TPSA) is 29.1 Å². The van der Waals surface area contributed by atoms with Crippen molar-refractivity contribution in [1.82, 2.24) is 5.32 Å². The van der Waals surface area contributed by atoms with Crippen molar-refractivity contribution in [3.05, 3.63) is 35.6 Å². The van der Waals surface area contributed by atoms with Crippen LogP contribution in [-0.4, -0.2) is 17.3 Å². The molecule has 2 unspecified atom stereocenters. The Bertz CT molecular complexity index is 424. The molecule has 1 N–H and O–H groups in total. The predicted octanol–water partition coefficient (Wildman–Crippen LogP) is 3.05. The summed E-state index contributed by atoms with van der Waals surface area (Å²) < 4.78 is 13.4. The highest BCUT2D eigenvalue weighted by Gasteiger charge is 2.24. The van der Waals surface area contributed by atoms with Crippen LogP contribution in [-0.2, 0) is 11.2 Å². The minimum absolute atomic E-state index is 0.105. The fourth-order valence-corrected chi connectivity index (χ4v) is 3.12. The zero-order valence-electron chi connectivity index (χ0n) is 10.2. The molecule has 1 aromatic carbocycles. The van der Waals surface area contributed by atoms with E-state index in [0.717, 1.165) is 6.42 Å². The van der Waals surface area contributed by atoms with Gasteiger partial charge in [-0.25, -0.2) is 4.39 Å². The summed E-state index contributed by atoms with van der Waals surface area (Å²) in [5.41, 5.74) is 0.455. The largest absolute Gasteiger partial charge is 0.355 e. The second-order valence-corrected chi connectivity index (χ2v) is 5.96. The molecule has 2 nitrogen and oxygen atoms in total. The number of nitrogens with one attached hydrogen (secondary N) is 1. The van der Waals surface area contributed by atoms with E-state index in [-0.39, 0.29) is 18.1 Å². The Morgan fingerprint density at radius 3 is 2.83 bits per heavy atom. The van der Waals surface area contributed by atoms with Crippen molar-refractivity contribution in [2.45, 2.75) is 30.5 Å². The van der Waals surface area contributed by atoms with Crippen molar-refractivity contribution in [2.24, 2.45) is 5.92 Å². The summed E-state index contributed by atoms with van der Waals surface area (Å²) in [5.74, 6) is 0.0909. The lowest BCUT2D eigenvalue weighted by Gasteiger charge is -2.14. The van der Waals surface area contributed by atoms with Crippen molar-refractivity contribution in [3.63, 3.8) is 0 Å². The predicted molar refractivity (Wildman–Crippen MR) is 73.2 cm³/mol. The molecule has 1 amide bonds. The van der Waals surface area contributed by atoms with E-state index in [2.05, 4.69) is 21.2 Å². The number of hydrogen-bond donors (Lipinski definition) is 1. The van der Waals surface area contributed by atoms with E-state index in [9.17, 15) is 9.18 Å². The molecule has 98 valence electrons. The van der Waals surface area contributed by atoms with Crippen LogP contribution in [0.2, 0.25) is 0 Å². The van der Waals surface area contributed by atoms with Crippen molar-refractivity contribution in [2.75, 3.05) is 6.54 Å². The lowest BCUT2D eigenvalue weighted by Crippen LogP contribution is -2.32. The number of amides is 1. The average Bonchev–Trinajstić information content (AvgIpc) is 2.75. The fraction of sp³-hybridized carbons (Fsp3) is 0.500. The monoisotopic (exact) mass is 313 g/mol. The molecule has 0 bridgehead atoms. The van der Waals surface area contributed by atoms with Crippen LogP contribution in [0.15, 0.2) is 24.3 Å². The summed E-state index contributed by atoms with van der Waals surface area (Å²) in [6.07, 6.45) is 3.65. The molecule has 1 aliphatic carbocycles. The smallest absolute Gasteiger partial charge is 0.224 e. The Balaban J connectivity index is 1.80. The normalized spacial score (nSPS) is 23.0. The maximum Gasteiger partial charge on any atom is 0.224 e. The third kappa shape index (κ3) is 3.55. The summed E-state index contributed by atoms with van der Waals surface area (Å²) in [6.45, 7) is 0.684. The zero-order chi connectivity index (χ0) is 13.0. The van der Waals surface area contributed by atoms with Crippen LogP contribution in [0.4, 0.5) is 4.39 Å². The second kappa shape index (κ2) is 6.32. The number of rotatable bonds is 4. The van der Waals surface area contributed by atoms with Gasteiger partial charge in [-0.1, -0.05) is 40.5 Å². The molecule has 0 saturated heterocycles. The number of hydrogen-bond acceptors (Lipinski definition) is 1. The molecule has 0 spiro atoms. The molecule has 18 heavy (non-hydrogen) atoms. The van der Waals surface area contributed by atoms with E-state index >= 15 is 0 Å². The third-order valence-corrected chi connectivity index (χ3v) is 4.64. The molecule has 0 aromatic heterocycles. The summed E-state index contributed by atoms with van der Waals surface area (Å²) >= 11 is 3.62. The zero-order valence-corrected chi connectivity index (χ0v) is 11.7. The van der Waals surface area contributed by atoms with E-state index in [1.165, 1.54) is 18.9 Å². The minimum atomic E-state index is -0.313. The molecule has 2 atom stereocenters. The summed E-state index contributed by atoms with van der Waals surface area (Å²) in [6, 6.07) is 6.41. The van der Waals surface area contributed by atoms with Gasteiger partial charge in [0.05, 0.1) is 6.42 Å². The molecule has 0 heterocycles. The van der Waals surface area contributed by atoms with Gasteiger partial charge in [-0.05, 0) is 30.4 Å². The number of alkyl halides is 1. The second-order valence-electron chi connectivity index (χ2n) is 4.78. The number of carbonyl (C=O) groups excluding carboxylic acids is 1. The van der Waals surface area contributed by atoms with E-state index in [4.69, 9.17) is 0 Å². The van der Waals surface area contributed by atoms with Gasteiger partial charge in [0.2, 0.25) is 5.91 Å². The van der Waals surface area contributed by atoms with Gasteiger partial charge in [-0.3, -0.25) is 4.79 Å². The summed E-state index contributed by atoms with van der Waals surface area (Å²) in [4.78, 5) is 12.2. The number of halogens is 2. The first-order valence-corrected chi connectivity index (χ1v) is 7.22. The highest BCUT2D eigenvalue weighted by Crippen LogP contribution is 2.30. The van der Waals surface area contributed by atoms with Crippen LogP contribution in [0, 0.1) is 11.7 Å². The van der Waals surface area contributed by atoms with Gasteiger partial charge in [0.25, 0.3) is 0 Å². The molecule has 0 radical (unpaired) electrons. The lowest BCUT2D eigenvalue weighted by atomic mass is 10.1. The van der Waals surface area contributed by atoms with Crippen LogP contribution in [0.1, 0.15) is 24.8 Å². The molecule has 1 aromatic rings. The molecule has 1 aliphatic rings. The Morgan fingerprint density at radius 1 is 1.39 bits per heavy atom. The lowest BCUT2D eigenvalue weighted by molar-refractivity contribution is -0.120. The molecular formula is C14H17BrFNO. The van der Waals surface area contributed by atoms with E-state index in [1.807, 2.05) is 0 Å². The highest BCUT2D eigenvalue weighted by molar-refractivity contribution is 9.09. The molecule has 2 rings (SSSR count). The molecule has 4 heteroatoms. The third-order valence-electron chi connectivity index (χ3n) is 3.44. The van der Waals surface area contributed by atoms with Gasteiger partial charge in [-0.15, -0.1) is 0 Å². The van der Waals surface area contributed by atoms with Crippen molar-refractivity contribution >= 4 is 21.8 Å². The van der Waals surface area contributed by atoms with Crippen molar-refractivity contribution in [1.29, 1.82) is 0 Å².